The number of alkyl halides is 6. The van der Waals surface area contributed by atoms with Crippen molar-refractivity contribution in [3.63, 3.8) is 0 Å². The van der Waals surface area contributed by atoms with Gasteiger partial charge in [-0.05, 0) is 30.7 Å². The first-order valence-electron chi connectivity index (χ1n) is 8.63. The van der Waals surface area contributed by atoms with Gasteiger partial charge in [0.25, 0.3) is 0 Å². The van der Waals surface area contributed by atoms with Crippen molar-refractivity contribution in [1.82, 2.24) is 14.5 Å². The summed E-state index contributed by atoms with van der Waals surface area (Å²) in [5.41, 5.74) is -1.53. The number of rotatable bonds is 3. The Bertz CT molecular complexity index is 1340. The number of hydrogen-bond donors (Lipinski definition) is 1. The quantitative estimate of drug-likeness (QED) is 0.575. The van der Waals surface area contributed by atoms with E-state index in [0.717, 1.165) is 18.5 Å². The van der Waals surface area contributed by atoms with Gasteiger partial charge in [0.1, 0.15) is 11.5 Å². The van der Waals surface area contributed by atoms with Crippen LogP contribution in [0.1, 0.15) is 11.3 Å². The van der Waals surface area contributed by atoms with Gasteiger partial charge in [-0.1, -0.05) is 0 Å². The summed E-state index contributed by atoms with van der Waals surface area (Å²) in [6.07, 6.45) is -8.20. The molecule has 2 heterocycles. The summed E-state index contributed by atoms with van der Waals surface area (Å²) in [6, 6.07) is 2.73. The maximum atomic E-state index is 13.0. The number of nitrogens with one attached hydrogen (secondary N) is 1. The third kappa shape index (κ3) is 4.40. The molecule has 1 amide bonds. The summed E-state index contributed by atoms with van der Waals surface area (Å²) in [5.74, 6) is -2.35. The number of hydrogen-bond acceptors (Lipinski definition) is 5. The summed E-state index contributed by atoms with van der Waals surface area (Å²) in [4.78, 5) is 18.3. The number of aryl methyl sites for hydroxylation is 2. The van der Waals surface area contributed by atoms with Crippen LogP contribution in [-0.2, 0) is 27.9 Å². The van der Waals surface area contributed by atoms with Gasteiger partial charge in [0.2, 0.25) is 0 Å². The lowest BCUT2D eigenvalue weighted by Crippen LogP contribution is -2.30. The fourth-order valence-corrected chi connectivity index (χ4v) is 3.86. The summed E-state index contributed by atoms with van der Waals surface area (Å²) in [5, 5.41) is 1.62. The number of carbonyl (C=O) groups excluding carboxylic acids is 1. The minimum absolute atomic E-state index is 0.0571. The summed E-state index contributed by atoms with van der Waals surface area (Å²) in [7, 11) is -2.64. The molecule has 0 saturated carbocycles. The molecule has 3 aromatic rings. The molecule has 0 spiro atoms. The molecule has 1 aromatic carbocycles. The van der Waals surface area contributed by atoms with Crippen LogP contribution in [0.25, 0.3) is 22.4 Å². The molecule has 0 aliphatic heterocycles. The molecule has 32 heavy (non-hydrogen) atoms. The van der Waals surface area contributed by atoms with Crippen LogP contribution in [0.2, 0.25) is 0 Å². The van der Waals surface area contributed by atoms with Crippen molar-refractivity contribution < 1.29 is 39.6 Å². The molecular weight excluding hydrogens is 466 g/mol. The molecule has 0 aliphatic carbocycles. The van der Waals surface area contributed by atoms with Crippen molar-refractivity contribution in [2.45, 2.75) is 24.2 Å². The predicted molar refractivity (Wildman–Crippen MR) is 101 cm³/mol. The van der Waals surface area contributed by atoms with Crippen molar-refractivity contribution in [3.05, 3.63) is 35.7 Å². The highest BCUT2D eigenvalue weighted by Gasteiger charge is 2.39. The highest BCUT2D eigenvalue weighted by molar-refractivity contribution is 7.90. The van der Waals surface area contributed by atoms with E-state index in [9.17, 15) is 39.6 Å². The van der Waals surface area contributed by atoms with Crippen molar-refractivity contribution in [1.29, 1.82) is 0 Å². The second-order valence-corrected chi connectivity index (χ2v) is 8.92. The second-order valence-electron chi connectivity index (χ2n) is 6.94. The molecule has 1 N–H and O–H groups in total. The molecule has 0 aliphatic rings. The van der Waals surface area contributed by atoms with E-state index in [-0.39, 0.29) is 28.0 Å². The number of carbonyl (C=O) groups is 1. The van der Waals surface area contributed by atoms with Crippen molar-refractivity contribution in [2.24, 2.45) is 7.05 Å². The van der Waals surface area contributed by atoms with Crippen LogP contribution in [0.4, 0.5) is 32.0 Å². The van der Waals surface area contributed by atoms with E-state index in [4.69, 9.17) is 0 Å². The molecular formula is C18H14F6N4O3S. The van der Waals surface area contributed by atoms with Gasteiger partial charge >= 0.3 is 18.3 Å². The minimum atomic E-state index is -5.20. The minimum Gasteiger partial charge on any atom is -0.326 e. The van der Waals surface area contributed by atoms with E-state index in [2.05, 4.69) is 9.97 Å². The van der Waals surface area contributed by atoms with E-state index in [0.29, 0.717) is 6.07 Å². The summed E-state index contributed by atoms with van der Waals surface area (Å²) >= 11 is 0. The van der Waals surface area contributed by atoms with Gasteiger partial charge in [0.15, 0.2) is 9.84 Å². The Morgan fingerprint density at radius 3 is 2.25 bits per heavy atom. The normalized spacial score (nSPS) is 12.9. The average Bonchev–Trinajstić information content (AvgIpc) is 2.96. The van der Waals surface area contributed by atoms with E-state index in [1.807, 2.05) is 0 Å². The SMILES string of the molecule is Cc1cc(-c2nc3cc(C(F)(F)F)ncc3n2C)c(S(C)(=O)=O)cc1NC(=O)C(F)(F)F. The lowest BCUT2D eigenvalue weighted by atomic mass is 10.1. The zero-order chi connectivity index (χ0) is 24.2. The lowest BCUT2D eigenvalue weighted by molar-refractivity contribution is -0.167. The monoisotopic (exact) mass is 480 g/mol. The van der Waals surface area contributed by atoms with Crippen molar-refractivity contribution in [3.8, 4) is 11.4 Å². The highest BCUT2D eigenvalue weighted by Crippen LogP contribution is 2.35. The topological polar surface area (TPSA) is 93.9 Å². The maximum Gasteiger partial charge on any atom is 0.471 e. The number of sulfone groups is 1. The number of fused-ring (bicyclic) bond motifs is 1. The first-order chi connectivity index (χ1) is 14.5. The molecule has 2 aromatic heterocycles. The van der Waals surface area contributed by atoms with Crippen LogP contribution in [0.15, 0.2) is 29.3 Å². The van der Waals surface area contributed by atoms with E-state index in [1.54, 1.807) is 5.32 Å². The standard InChI is InChI=1S/C18H14F6N4O3S/c1-8-4-9(13(32(3,30)31)5-10(8)27-16(29)18(22,23)24)15-26-11-6-14(17(19,20)21)25-7-12(11)28(15)2/h4-7H,1-3H3,(H,27,29). The Kier molecular flexibility index (Phi) is 5.48. The van der Waals surface area contributed by atoms with Crippen LogP contribution >= 0.6 is 0 Å². The zero-order valence-electron chi connectivity index (χ0n) is 16.6. The number of amides is 1. The molecule has 3 rings (SSSR count). The number of nitrogens with zero attached hydrogens (tertiary/aromatic N) is 3. The van der Waals surface area contributed by atoms with E-state index < -0.39 is 44.4 Å². The Morgan fingerprint density at radius 2 is 1.72 bits per heavy atom. The fourth-order valence-electron chi connectivity index (χ4n) is 2.98. The van der Waals surface area contributed by atoms with Crippen LogP contribution in [0.3, 0.4) is 0 Å². The Morgan fingerprint density at radius 1 is 1.09 bits per heavy atom. The van der Waals surface area contributed by atoms with Crippen LogP contribution in [0, 0.1) is 6.92 Å². The third-order valence-electron chi connectivity index (χ3n) is 4.53. The number of anilines is 1. The fraction of sp³-hybridized carbons (Fsp3) is 0.278. The third-order valence-corrected chi connectivity index (χ3v) is 5.67. The largest absolute Gasteiger partial charge is 0.471 e. The average molecular weight is 480 g/mol. The second kappa shape index (κ2) is 7.46. The highest BCUT2D eigenvalue weighted by atomic mass is 32.2. The van der Waals surface area contributed by atoms with Crippen LogP contribution in [0.5, 0.6) is 0 Å². The Hall–Kier alpha value is -3.16. The van der Waals surface area contributed by atoms with Crippen molar-refractivity contribution >= 4 is 32.5 Å². The Labute approximate surface area is 177 Å². The number of aromatic nitrogens is 3. The van der Waals surface area contributed by atoms with Gasteiger partial charge in [-0.15, -0.1) is 0 Å². The van der Waals surface area contributed by atoms with Crippen LogP contribution < -0.4 is 5.32 Å². The molecule has 172 valence electrons. The smallest absolute Gasteiger partial charge is 0.326 e. The molecule has 0 radical (unpaired) electrons. The molecule has 0 bridgehead atoms. The van der Waals surface area contributed by atoms with Gasteiger partial charge < -0.3 is 9.88 Å². The molecule has 0 fully saturated rings. The molecule has 0 atom stereocenters. The Balaban J connectivity index is 2.23. The first kappa shape index (κ1) is 23.5. The van der Waals surface area contributed by atoms with Gasteiger partial charge in [-0.3, -0.25) is 4.79 Å². The van der Waals surface area contributed by atoms with Crippen molar-refractivity contribution in [2.75, 3.05) is 11.6 Å². The number of imidazole rings is 1. The molecule has 7 nitrogen and oxygen atoms in total. The molecule has 0 saturated heterocycles. The number of pyridine rings is 1. The number of halogens is 6. The first-order valence-corrected chi connectivity index (χ1v) is 10.5. The van der Waals surface area contributed by atoms with Gasteiger partial charge in [-0.2, -0.15) is 26.3 Å². The molecule has 14 heteroatoms. The van der Waals surface area contributed by atoms with E-state index >= 15 is 0 Å². The van der Waals surface area contributed by atoms with E-state index in [1.165, 1.54) is 24.6 Å². The van der Waals surface area contributed by atoms with Gasteiger partial charge in [-0.25, -0.2) is 18.4 Å². The zero-order valence-corrected chi connectivity index (χ0v) is 17.4. The lowest BCUT2D eigenvalue weighted by Gasteiger charge is -2.15. The van der Waals surface area contributed by atoms with Gasteiger partial charge in [0, 0.05) is 24.6 Å². The van der Waals surface area contributed by atoms with Gasteiger partial charge in [0.05, 0.1) is 22.1 Å². The van der Waals surface area contributed by atoms with Crippen LogP contribution in [-0.4, -0.2) is 41.3 Å². The molecule has 0 unspecified atom stereocenters. The summed E-state index contributed by atoms with van der Waals surface area (Å²) in [6.45, 7) is 1.33. The summed E-state index contributed by atoms with van der Waals surface area (Å²) < 4.78 is 103. The maximum absolute atomic E-state index is 13.0. The number of benzene rings is 1. The predicted octanol–water partition coefficient (Wildman–Crippen LogP) is 3.87.